The van der Waals surface area contributed by atoms with Crippen molar-refractivity contribution in [1.82, 2.24) is 10.2 Å². The van der Waals surface area contributed by atoms with Crippen molar-refractivity contribution in [3.8, 4) is 0 Å². The lowest BCUT2D eigenvalue weighted by Gasteiger charge is -2.23. The summed E-state index contributed by atoms with van der Waals surface area (Å²) in [5.74, 6) is -1.57. The van der Waals surface area contributed by atoms with Crippen molar-refractivity contribution in [2.75, 3.05) is 13.1 Å². The Bertz CT molecular complexity index is 332. The number of carboxylic acids is 1. The van der Waals surface area contributed by atoms with E-state index in [1.165, 1.54) is 4.90 Å². The normalized spacial score (nSPS) is 23.5. The molecule has 1 rings (SSSR count). The van der Waals surface area contributed by atoms with Gasteiger partial charge in [0.1, 0.15) is 6.04 Å². The first-order valence-electron chi connectivity index (χ1n) is 5.49. The molecule has 0 aromatic rings. The van der Waals surface area contributed by atoms with Crippen LogP contribution in [0.3, 0.4) is 0 Å². The largest absolute Gasteiger partial charge is 0.480 e. The smallest absolute Gasteiger partial charge is 0.326 e. The van der Waals surface area contributed by atoms with Gasteiger partial charge in [-0.2, -0.15) is 0 Å². The van der Waals surface area contributed by atoms with Crippen LogP contribution in [0.1, 0.15) is 19.8 Å². The van der Waals surface area contributed by atoms with Crippen LogP contribution < -0.4 is 11.1 Å². The summed E-state index contributed by atoms with van der Waals surface area (Å²) in [5, 5.41) is 11.5. The molecule has 7 nitrogen and oxygen atoms in total. The van der Waals surface area contributed by atoms with Gasteiger partial charge in [-0.1, -0.05) is 6.92 Å². The molecule has 17 heavy (non-hydrogen) atoms. The number of amides is 3. The number of carbonyl (C=O) groups is 3. The molecule has 2 unspecified atom stereocenters. The van der Waals surface area contributed by atoms with Gasteiger partial charge in [0.15, 0.2) is 0 Å². The summed E-state index contributed by atoms with van der Waals surface area (Å²) in [6.07, 6.45) is 0.715. The number of aliphatic carboxylic acids is 1. The van der Waals surface area contributed by atoms with Crippen LogP contribution >= 0.6 is 0 Å². The third-order valence-electron chi connectivity index (χ3n) is 2.86. The molecule has 0 aliphatic carbocycles. The molecule has 2 atom stereocenters. The van der Waals surface area contributed by atoms with E-state index in [1.807, 2.05) is 0 Å². The lowest BCUT2D eigenvalue weighted by Crippen LogP contribution is -2.48. The minimum Gasteiger partial charge on any atom is -0.480 e. The van der Waals surface area contributed by atoms with Crippen LogP contribution in [0.2, 0.25) is 0 Å². The number of nitrogens with one attached hydrogen (secondary N) is 1. The number of rotatable bonds is 4. The molecule has 0 radical (unpaired) electrons. The number of likely N-dealkylation sites (tertiary alicyclic amines) is 1. The zero-order valence-electron chi connectivity index (χ0n) is 9.68. The molecule has 1 aliphatic rings. The van der Waals surface area contributed by atoms with Gasteiger partial charge in [-0.3, -0.25) is 4.79 Å². The molecule has 3 amide bonds. The standard InChI is InChI=1S/C10H17N3O4/c1-6-3-5-13(8(6)9(15)16)10(17)12-4-2-7(11)14/h6,8H,2-5H2,1H3,(H2,11,14)(H,12,17)(H,15,16). The average molecular weight is 243 g/mol. The molecule has 7 heteroatoms. The van der Waals surface area contributed by atoms with Gasteiger partial charge in [-0.05, 0) is 12.3 Å². The van der Waals surface area contributed by atoms with E-state index in [0.29, 0.717) is 13.0 Å². The molecule has 4 N–H and O–H groups in total. The van der Waals surface area contributed by atoms with E-state index in [0.717, 1.165) is 0 Å². The maximum Gasteiger partial charge on any atom is 0.326 e. The van der Waals surface area contributed by atoms with E-state index < -0.39 is 23.9 Å². The maximum absolute atomic E-state index is 11.7. The molecule has 1 heterocycles. The number of hydrogen-bond donors (Lipinski definition) is 3. The zero-order valence-corrected chi connectivity index (χ0v) is 9.68. The van der Waals surface area contributed by atoms with E-state index in [9.17, 15) is 14.4 Å². The second-order valence-electron chi connectivity index (χ2n) is 4.19. The number of nitrogens with two attached hydrogens (primary N) is 1. The van der Waals surface area contributed by atoms with Gasteiger partial charge in [0.2, 0.25) is 5.91 Å². The van der Waals surface area contributed by atoms with Gasteiger partial charge in [0.25, 0.3) is 0 Å². The van der Waals surface area contributed by atoms with Crippen molar-refractivity contribution in [2.45, 2.75) is 25.8 Å². The molecule has 1 fully saturated rings. The Morgan fingerprint density at radius 2 is 2.12 bits per heavy atom. The van der Waals surface area contributed by atoms with E-state index in [1.54, 1.807) is 6.92 Å². The summed E-state index contributed by atoms with van der Waals surface area (Å²) in [4.78, 5) is 34.5. The fourth-order valence-corrected chi connectivity index (χ4v) is 1.95. The highest BCUT2D eigenvalue weighted by atomic mass is 16.4. The Balaban J connectivity index is 2.51. The quantitative estimate of drug-likeness (QED) is 0.609. The van der Waals surface area contributed by atoms with Gasteiger partial charge in [-0.15, -0.1) is 0 Å². The third-order valence-corrected chi connectivity index (χ3v) is 2.86. The summed E-state index contributed by atoms with van der Waals surface area (Å²) in [7, 11) is 0. The molecule has 0 aromatic carbocycles. The van der Waals surface area contributed by atoms with Crippen LogP contribution in [-0.2, 0) is 9.59 Å². The summed E-state index contributed by atoms with van der Waals surface area (Å²) in [5.41, 5.74) is 4.93. The van der Waals surface area contributed by atoms with Crippen molar-refractivity contribution in [2.24, 2.45) is 11.7 Å². The van der Waals surface area contributed by atoms with Crippen LogP contribution in [0.15, 0.2) is 0 Å². The molecule has 0 bridgehead atoms. The third kappa shape index (κ3) is 3.33. The van der Waals surface area contributed by atoms with Gasteiger partial charge in [-0.25, -0.2) is 9.59 Å². The van der Waals surface area contributed by atoms with Gasteiger partial charge >= 0.3 is 12.0 Å². The Kier molecular flexibility index (Phi) is 4.30. The molecule has 0 saturated carbocycles. The summed E-state index contributed by atoms with van der Waals surface area (Å²) in [6, 6.07) is -1.24. The van der Waals surface area contributed by atoms with Crippen molar-refractivity contribution < 1.29 is 19.5 Å². The predicted molar refractivity (Wildman–Crippen MR) is 59.1 cm³/mol. The molecular formula is C10H17N3O4. The highest BCUT2D eigenvalue weighted by Crippen LogP contribution is 2.23. The Morgan fingerprint density at radius 3 is 2.65 bits per heavy atom. The van der Waals surface area contributed by atoms with Crippen LogP contribution in [0.5, 0.6) is 0 Å². The minimum absolute atomic E-state index is 0.0485. The Labute approximate surface area is 98.9 Å². The second kappa shape index (κ2) is 5.51. The first-order valence-corrected chi connectivity index (χ1v) is 5.49. The minimum atomic E-state index is -1.000. The van der Waals surface area contributed by atoms with Crippen molar-refractivity contribution in [3.05, 3.63) is 0 Å². The predicted octanol–water partition coefficient (Wildman–Crippen LogP) is -0.634. The topological polar surface area (TPSA) is 113 Å². The van der Waals surface area contributed by atoms with Gasteiger partial charge in [0.05, 0.1) is 0 Å². The fraction of sp³-hybridized carbons (Fsp3) is 0.700. The number of carbonyl (C=O) groups excluding carboxylic acids is 2. The van der Waals surface area contributed by atoms with E-state index in [4.69, 9.17) is 10.8 Å². The number of carboxylic acid groups (broad SMARTS) is 1. The maximum atomic E-state index is 11.7. The summed E-state index contributed by atoms with van der Waals surface area (Å²) < 4.78 is 0. The summed E-state index contributed by atoms with van der Waals surface area (Å²) >= 11 is 0. The zero-order chi connectivity index (χ0) is 13.0. The number of hydrogen-bond acceptors (Lipinski definition) is 3. The number of urea groups is 1. The first kappa shape index (κ1) is 13.3. The van der Waals surface area contributed by atoms with Crippen LogP contribution in [0, 0.1) is 5.92 Å². The van der Waals surface area contributed by atoms with Crippen molar-refractivity contribution >= 4 is 17.9 Å². The molecule has 1 aliphatic heterocycles. The van der Waals surface area contributed by atoms with E-state index in [-0.39, 0.29) is 18.9 Å². The van der Waals surface area contributed by atoms with Crippen molar-refractivity contribution in [3.63, 3.8) is 0 Å². The molecule has 1 saturated heterocycles. The molecule has 0 spiro atoms. The van der Waals surface area contributed by atoms with Crippen molar-refractivity contribution in [1.29, 1.82) is 0 Å². The Morgan fingerprint density at radius 1 is 1.47 bits per heavy atom. The van der Waals surface area contributed by atoms with Crippen LogP contribution in [0.25, 0.3) is 0 Å². The molecule has 96 valence electrons. The average Bonchev–Trinajstić information content (AvgIpc) is 2.59. The second-order valence-corrected chi connectivity index (χ2v) is 4.19. The van der Waals surface area contributed by atoms with E-state index >= 15 is 0 Å². The molecular weight excluding hydrogens is 226 g/mol. The highest BCUT2D eigenvalue weighted by Gasteiger charge is 2.39. The SMILES string of the molecule is CC1CCN(C(=O)NCCC(N)=O)C1C(=O)O. The van der Waals surface area contributed by atoms with Crippen LogP contribution in [-0.4, -0.2) is 47.0 Å². The molecule has 0 aromatic heterocycles. The number of nitrogens with zero attached hydrogens (tertiary/aromatic N) is 1. The van der Waals surface area contributed by atoms with Gasteiger partial charge < -0.3 is 21.1 Å². The number of primary amides is 1. The highest BCUT2D eigenvalue weighted by molar-refractivity contribution is 5.84. The fourth-order valence-electron chi connectivity index (χ4n) is 1.95. The first-order chi connectivity index (χ1) is 7.93. The lowest BCUT2D eigenvalue weighted by atomic mass is 10.0. The summed E-state index contributed by atoms with van der Waals surface area (Å²) in [6.45, 7) is 2.35. The lowest BCUT2D eigenvalue weighted by molar-refractivity contribution is -0.142. The Hall–Kier alpha value is -1.79. The monoisotopic (exact) mass is 243 g/mol. The van der Waals surface area contributed by atoms with Crippen LogP contribution in [0.4, 0.5) is 4.79 Å². The van der Waals surface area contributed by atoms with Gasteiger partial charge in [0, 0.05) is 19.5 Å². The van der Waals surface area contributed by atoms with E-state index in [2.05, 4.69) is 5.32 Å².